The highest BCUT2D eigenvalue weighted by Crippen LogP contribution is 2.35. The van der Waals surface area contributed by atoms with Gasteiger partial charge in [0, 0.05) is 10.9 Å². The molecule has 144 valence electrons. The van der Waals surface area contributed by atoms with Crippen molar-refractivity contribution in [3.63, 3.8) is 0 Å². The molecule has 0 bridgehead atoms. The summed E-state index contributed by atoms with van der Waals surface area (Å²) in [5, 5.41) is 14.2. The normalized spacial score (nSPS) is 16.0. The number of nitrogens with zero attached hydrogens (tertiary/aromatic N) is 3. The van der Waals surface area contributed by atoms with Gasteiger partial charge < -0.3 is 5.32 Å². The van der Waals surface area contributed by atoms with Gasteiger partial charge in [0.2, 0.25) is 5.91 Å². The first-order chi connectivity index (χ1) is 13.4. The molecule has 0 aliphatic heterocycles. The number of fused-ring (bicyclic) bond motifs is 3. The molecular formula is C19H18N4O4S. The van der Waals surface area contributed by atoms with E-state index in [1.165, 1.54) is 34.0 Å². The molecule has 1 unspecified atom stereocenters. The van der Waals surface area contributed by atoms with Gasteiger partial charge >= 0.3 is 0 Å². The van der Waals surface area contributed by atoms with Crippen molar-refractivity contribution >= 4 is 38.8 Å². The zero-order chi connectivity index (χ0) is 19.8. The molecular weight excluding hydrogens is 380 g/mol. The van der Waals surface area contributed by atoms with E-state index in [0.717, 1.165) is 24.8 Å². The van der Waals surface area contributed by atoms with Crippen molar-refractivity contribution in [1.82, 2.24) is 9.55 Å². The number of nitrogens with one attached hydrogen (secondary N) is 1. The van der Waals surface area contributed by atoms with E-state index in [-0.39, 0.29) is 23.5 Å². The average molecular weight is 398 g/mol. The molecule has 1 aliphatic carbocycles. The second-order valence-electron chi connectivity index (χ2n) is 7.03. The molecule has 8 nitrogen and oxygen atoms in total. The van der Waals surface area contributed by atoms with E-state index in [4.69, 9.17) is 0 Å². The molecule has 9 heteroatoms. The number of amides is 1. The van der Waals surface area contributed by atoms with E-state index >= 15 is 0 Å². The molecule has 0 spiro atoms. The number of aromatic nitrogens is 2. The van der Waals surface area contributed by atoms with Crippen LogP contribution in [-0.4, -0.2) is 20.4 Å². The van der Waals surface area contributed by atoms with E-state index in [2.05, 4.69) is 17.2 Å². The van der Waals surface area contributed by atoms with Crippen LogP contribution in [0.25, 0.3) is 10.2 Å². The fourth-order valence-electron chi connectivity index (χ4n) is 3.56. The molecule has 1 aliphatic rings. The van der Waals surface area contributed by atoms with E-state index in [1.54, 1.807) is 17.4 Å². The predicted octanol–water partition coefficient (Wildman–Crippen LogP) is 3.13. The number of thiophene rings is 1. The predicted molar refractivity (Wildman–Crippen MR) is 107 cm³/mol. The van der Waals surface area contributed by atoms with Gasteiger partial charge in [-0.05, 0) is 36.8 Å². The number of hydrogen-bond donors (Lipinski definition) is 1. The maximum Gasteiger partial charge on any atom is 0.292 e. The molecule has 4 rings (SSSR count). The van der Waals surface area contributed by atoms with Crippen LogP contribution in [0.15, 0.2) is 35.4 Å². The van der Waals surface area contributed by atoms with E-state index in [0.29, 0.717) is 16.1 Å². The molecule has 2 aromatic heterocycles. The van der Waals surface area contributed by atoms with Gasteiger partial charge in [0.05, 0.1) is 16.6 Å². The van der Waals surface area contributed by atoms with Crippen molar-refractivity contribution in [3.8, 4) is 0 Å². The number of carbonyl (C=O) groups excluding carboxylic acids is 1. The SMILES string of the molecule is CC1CCc2c(sc3ncn(CC(=O)Nc4ccccc4[N+](=O)[O-])c(=O)c23)C1. The van der Waals surface area contributed by atoms with Crippen LogP contribution in [0.3, 0.4) is 0 Å². The highest BCUT2D eigenvalue weighted by Gasteiger charge is 2.23. The minimum atomic E-state index is -0.561. The Bertz CT molecular complexity index is 1150. The second-order valence-corrected chi connectivity index (χ2v) is 8.12. The summed E-state index contributed by atoms with van der Waals surface area (Å²) in [7, 11) is 0. The van der Waals surface area contributed by atoms with E-state index in [9.17, 15) is 19.7 Å². The monoisotopic (exact) mass is 398 g/mol. The fraction of sp³-hybridized carbons (Fsp3) is 0.316. The van der Waals surface area contributed by atoms with Crippen molar-refractivity contribution in [2.24, 2.45) is 5.92 Å². The summed E-state index contributed by atoms with van der Waals surface area (Å²) in [6.07, 6.45) is 4.20. The lowest BCUT2D eigenvalue weighted by atomic mass is 9.89. The van der Waals surface area contributed by atoms with Gasteiger partial charge in [0.25, 0.3) is 11.2 Å². The third-order valence-electron chi connectivity index (χ3n) is 4.97. The highest BCUT2D eigenvalue weighted by atomic mass is 32.1. The van der Waals surface area contributed by atoms with E-state index < -0.39 is 10.8 Å². The molecule has 28 heavy (non-hydrogen) atoms. The number of aryl methyl sites for hydroxylation is 1. The third kappa shape index (κ3) is 3.29. The van der Waals surface area contributed by atoms with Crippen molar-refractivity contribution in [1.29, 1.82) is 0 Å². The Morgan fingerprint density at radius 3 is 3.00 bits per heavy atom. The molecule has 0 saturated carbocycles. The van der Waals surface area contributed by atoms with Crippen molar-refractivity contribution in [2.45, 2.75) is 32.7 Å². The van der Waals surface area contributed by atoms with Crippen LogP contribution in [0, 0.1) is 16.0 Å². The van der Waals surface area contributed by atoms with Crippen LogP contribution in [0.5, 0.6) is 0 Å². The first-order valence-corrected chi connectivity index (χ1v) is 9.78. The summed E-state index contributed by atoms with van der Waals surface area (Å²) >= 11 is 1.55. The third-order valence-corrected chi connectivity index (χ3v) is 6.13. The van der Waals surface area contributed by atoms with Gasteiger partial charge in [-0.2, -0.15) is 0 Å². The maximum atomic E-state index is 12.9. The lowest BCUT2D eigenvalue weighted by molar-refractivity contribution is -0.383. The summed E-state index contributed by atoms with van der Waals surface area (Å²) < 4.78 is 1.26. The number of nitro groups is 1. The van der Waals surface area contributed by atoms with Crippen LogP contribution < -0.4 is 10.9 Å². The Kier molecular flexibility index (Phi) is 4.68. The zero-order valence-electron chi connectivity index (χ0n) is 15.2. The largest absolute Gasteiger partial charge is 0.319 e. The number of benzene rings is 1. The molecule has 1 atom stereocenters. The van der Waals surface area contributed by atoms with Crippen molar-refractivity contribution in [3.05, 3.63) is 61.5 Å². The first kappa shape index (κ1) is 18.3. The van der Waals surface area contributed by atoms with Crippen LogP contribution in [0.2, 0.25) is 0 Å². The second kappa shape index (κ2) is 7.16. The molecule has 0 radical (unpaired) electrons. The lowest BCUT2D eigenvalue weighted by Gasteiger charge is -2.17. The van der Waals surface area contributed by atoms with Crippen molar-refractivity contribution in [2.75, 3.05) is 5.32 Å². The van der Waals surface area contributed by atoms with Gasteiger partial charge in [-0.1, -0.05) is 19.1 Å². The summed E-state index contributed by atoms with van der Waals surface area (Å²) in [6.45, 7) is 1.95. The molecule has 1 amide bonds. The Morgan fingerprint density at radius 2 is 2.21 bits per heavy atom. The number of hydrogen-bond acceptors (Lipinski definition) is 6. The number of para-hydroxylation sites is 2. The van der Waals surface area contributed by atoms with Gasteiger partial charge in [-0.3, -0.25) is 24.3 Å². The zero-order valence-corrected chi connectivity index (χ0v) is 16.0. The minimum absolute atomic E-state index is 0.0986. The first-order valence-electron chi connectivity index (χ1n) is 8.97. The van der Waals surface area contributed by atoms with Gasteiger partial charge in [-0.15, -0.1) is 11.3 Å². The smallest absolute Gasteiger partial charge is 0.292 e. The molecule has 1 aromatic carbocycles. The van der Waals surface area contributed by atoms with Crippen LogP contribution in [-0.2, 0) is 24.2 Å². The van der Waals surface area contributed by atoms with E-state index in [1.807, 2.05) is 0 Å². The average Bonchev–Trinajstić information content (AvgIpc) is 3.02. The highest BCUT2D eigenvalue weighted by molar-refractivity contribution is 7.18. The summed E-state index contributed by atoms with van der Waals surface area (Å²) in [5.41, 5.74) is 0.720. The standard InChI is InChI=1S/C19H18N4O4S/c1-11-6-7-12-15(8-11)28-18-17(12)19(25)22(10-20-18)9-16(24)21-13-4-2-3-5-14(13)23(26)27/h2-5,10-11H,6-9H2,1H3,(H,21,24). The topological polar surface area (TPSA) is 107 Å². The minimum Gasteiger partial charge on any atom is -0.319 e. The Hall–Kier alpha value is -3.07. The number of anilines is 1. The van der Waals surface area contributed by atoms with Crippen LogP contribution in [0.1, 0.15) is 23.8 Å². The molecule has 2 heterocycles. The maximum absolute atomic E-state index is 12.9. The Morgan fingerprint density at radius 1 is 1.43 bits per heavy atom. The van der Waals surface area contributed by atoms with Crippen molar-refractivity contribution < 1.29 is 9.72 Å². The quantitative estimate of drug-likeness (QED) is 0.537. The molecule has 0 saturated heterocycles. The van der Waals surface area contributed by atoms with Crippen LogP contribution >= 0.6 is 11.3 Å². The molecule has 3 aromatic rings. The van der Waals surface area contributed by atoms with Gasteiger partial charge in [0.15, 0.2) is 0 Å². The van der Waals surface area contributed by atoms with Crippen LogP contribution in [0.4, 0.5) is 11.4 Å². The summed E-state index contributed by atoms with van der Waals surface area (Å²) in [5.74, 6) is 0.0745. The summed E-state index contributed by atoms with van der Waals surface area (Å²) in [4.78, 5) is 42.2. The molecule has 1 N–H and O–H groups in total. The number of nitro benzene ring substituents is 1. The number of carbonyl (C=O) groups is 1. The molecule has 0 fully saturated rings. The Labute approximate surface area is 164 Å². The number of rotatable bonds is 4. The van der Waals surface area contributed by atoms with Gasteiger partial charge in [-0.25, -0.2) is 4.98 Å². The van der Waals surface area contributed by atoms with Gasteiger partial charge in [0.1, 0.15) is 17.1 Å². The fourth-order valence-corrected chi connectivity index (χ4v) is 4.90. The lowest BCUT2D eigenvalue weighted by Crippen LogP contribution is -2.28. The Balaban J connectivity index is 1.62. The summed E-state index contributed by atoms with van der Waals surface area (Å²) in [6, 6.07) is 5.89.